The van der Waals surface area contributed by atoms with E-state index >= 15 is 0 Å². The Hall–Kier alpha value is -10.9. The summed E-state index contributed by atoms with van der Waals surface area (Å²) in [5.74, 6) is -6.74. The lowest BCUT2D eigenvalue weighted by Gasteiger charge is -1.94. The second-order valence-corrected chi connectivity index (χ2v) is 8.98. The molecule has 310 valence electrons. The van der Waals surface area contributed by atoms with Gasteiger partial charge in [-0.1, -0.05) is 0 Å². The van der Waals surface area contributed by atoms with Crippen molar-refractivity contribution in [3.05, 3.63) is 83.7 Å². The van der Waals surface area contributed by atoms with Crippen LogP contribution in [0, 0.1) is 50.6 Å². The number of aromatic amines is 2. The predicted molar refractivity (Wildman–Crippen MR) is 159 cm³/mol. The Bertz CT molecular complexity index is 2830. The van der Waals surface area contributed by atoms with Crippen molar-refractivity contribution in [2.24, 2.45) is 0 Å². The summed E-state index contributed by atoms with van der Waals surface area (Å²) in [6, 6.07) is 0. The first-order chi connectivity index (χ1) is 28.6. The largest absolute Gasteiger partial charge is 0.478 e. The van der Waals surface area contributed by atoms with Crippen LogP contribution in [0.15, 0.2) is 49.8 Å². The lowest BCUT2D eigenvalue weighted by atomic mass is 10.6. The van der Waals surface area contributed by atoms with Crippen LogP contribution in [0.5, 0.6) is 23.5 Å². The fraction of sp³-hybridized carbons (Fsp3) is 0. The molecule has 8 aromatic heterocycles. The molecule has 4 N–H and O–H groups in total. The highest BCUT2D eigenvalue weighted by Crippen LogP contribution is 2.31. The van der Waals surface area contributed by atoms with Crippen molar-refractivity contribution in [2.45, 2.75) is 0 Å². The molecule has 8 aromatic rings. The molecule has 0 aliphatic rings. The molecule has 8 rings (SSSR count). The third-order valence-electron chi connectivity index (χ3n) is 5.38. The summed E-state index contributed by atoms with van der Waals surface area (Å²) in [4.78, 5) is 70.3. The lowest BCUT2D eigenvalue weighted by Crippen LogP contribution is -2.12. The van der Waals surface area contributed by atoms with Gasteiger partial charge in [-0.05, 0) is 54.8 Å². The summed E-state index contributed by atoms with van der Waals surface area (Å²) >= 11 is 0. The van der Waals surface area contributed by atoms with E-state index in [1.165, 1.54) is 0 Å². The zero-order chi connectivity index (χ0) is 43.5. The van der Waals surface area contributed by atoms with Gasteiger partial charge < -0.3 is 65.8 Å². The van der Waals surface area contributed by atoms with Gasteiger partial charge >= 0.3 is 75.4 Å². The van der Waals surface area contributed by atoms with E-state index in [4.69, 9.17) is 10.5 Å². The van der Waals surface area contributed by atoms with E-state index in [0.29, 0.717) is 9.59 Å². The van der Waals surface area contributed by atoms with Crippen LogP contribution in [0.3, 0.4) is 0 Å². The van der Waals surface area contributed by atoms with Gasteiger partial charge in [0.25, 0.3) is 0 Å². The van der Waals surface area contributed by atoms with Crippen molar-refractivity contribution in [1.29, 1.82) is 0 Å². The molecule has 0 spiro atoms. The molecule has 0 saturated heterocycles. The predicted octanol–water partition coefficient (Wildman–Crippen LogP) is -2.50. The average Bonchev–Trinajstić information content (AvgIpc) is 4.04. The number of hydrogen-bond donors (Lipinski definition) is 3. The first kappa shape index (κ1) is 40.3. The summed E-state index contributed by atoms with van der Waals surface area (Å²) < 4.78 is 34.4. The standard InChI is InChI=1S/C6HN9O7.C4N6O7.C4H2N6O4.C2H3N3O2/c16-14(17)2-1-7-13(8-2)3-5(11-21-9-3)20-6-4(15(18)19)10-22-12-6;11-9(12)1-3(7-16-5-1)15-4-2(10(13)14)6-17-8-4;11-4-3(7-14-8-4)9-5-1-2(6-9)10(12)13;3-1-2(6)5-7-4-1/h1H;;1H,(H,8,11);(H2,3,4)(H,5,6). The molecular weight excluding hydrogens is 848 g/mol. The van der Waals surface area contributed by atoms with Gasteiger partial charge in [0.15, 0.2) is 27.9 Å². The molecule has 0 aliphatic heterocycles. The smallest absolute Gasteiger partial charge is 0.405 e. The number of anilines is 1. The van der Waals surface area contributed by atoms with Crippen molar-refractivity contribution in [3.8, 4) is 35.2 Å². The van der Waals surface area contributed by atoms with E-state index in [0.717, 1.165) is 12.4 Å². The number of rotatable bonds is 11. The number of hydrogen-bond acceptors (Lipinski definition) is 35. The summed E-state index contributed by atoms with van der Waals surface area (Å²) in [5.41, 5.74) is 3.73. The van der Waals surface area contributed by atoms with Crippen LogP contribution in [0.25, 0.3) is 11.6 Å². The fourth-order valence-electron chi connectivity index (χ4n) is 3.01. The Kier molecular flexibility index (Phi) is 11.8. The Morgan fingerprint density at radius 2 is 0.917 bits per heavy atom. The highest BCUT2D eigenvalue weighted by Gasteiger charge is 2.32. The van der Waals surface area contributed by atoms with Crippen molar-refractivity contribution in [2.75, 3.05) is 5.73 Å². The van der Waals surface area contributed by atoms with Gasteiger partial charge in [0.05, 0.1) is 10.2 Å². The molecule has 0 aliphatic carbocycles. The molecule has 0 saturated carbocycles. The van der Waals surface area contributed by atoms with E-state index in [2.05, 4.69) is 104 Å². The van der Waals surface area contributed by atoms with Gasteiger partial charge in [0.2, 0.25) is 5.82 Å². The molecule has 0 fully saturated rings. The zero-order valence-corrected chi connectivity index (χ0v) is 27.3. The van der Waals surface area contributed by atoms with Crippen LogP contribution in [-0.2, 0) is 0 Å². The van der Waals surface area contributed by atoms with Gasteiger partial charge in [0.1, 0.15) is 0 Å². The summed E-state index contributed by atoms with van der Waals surface area (Å²) in [6.45, 7) is 0. The number of nitrogens with two attached hydrogens (primary N) is 1. The third-order valence-corrected chi connectivity index (χ3v) is 5.38. The van der Waals surface area contributed by atoms with Crippen molar-refractivity contribution < 1.29 is 61.9 Å². The maximum atomic E-state index is 10.9. The van der Waals surface area contributed by atoms with E-state index in [1.54, 1.807) is 0 Å². The number of nitrogen functional groups attached to an aromatic ring is 1. The first-order valence-electron chi connectivity index (χ1n) is 13.7. The highest BCUT2D eigenvalue weighted by atomic mass is 16.7. The van der Waals surface area contributed by atoms with Crippen molar-refractivity contribution in [1.82, 2.24) is 91.9 Å². The number of aromatic nitrogens is 18. The number of nitro groups is 5. The summed E-state index contributed by atoms with van der Waals surface area (Å²) in [6.07, 6.45) is 1.74. The quantitative estimate of drug-likeness (QED) is 0.0894. The van der Waals surface area contributed by atoms with E-state index < -0.39 is 88.3 Å². The second kappa shape index (κ2) is 17.5. The average molecular weight is 854 g/mol. The fourth-order valence-corrected chi connectivity index (χ4v) is 3.01. The lowest BCUT2D eigenvalue weighted by molar-refractivity contribution is -0.393. The van der Waals surface area contributed by atoms with E-state index in [-0.39, 0.29) is 17.5 Å². The maximum Gasteiger partial charge on any atom is 0.478 e. The third kappa shape index (κ3) is 9.43. The molecule has 0 aromatic carbocycles. The minimum absolute atomic E-state index is 0.139. The first-order valence-corrected chi connectivity index (χ1v) is 13.7. The summed E-state index contributed by atoms with van der Waals surface area (Å²) in [7, 11) is 0. The van der Waals surface area contributed by atoms with Gasteiger partial charge in [-0.25, -0.2) is 4.63 Å². The van der Waals surface area contributed by atoms with Gasteiger partial charge in [-0.15, -0.1) is 24.1 Å². The molecule has 0 atom stereocenters. The molecule has 0 amide bonds. The Balaban J connectivity index is 0.000000161. The SMILES string of the molecule is Nc1no[nH]c1=O.O=[N+]([O-])c1cnn(-c2nonc2Oc2nonc2[N+](=O)[O-])n1.O=[N+]([O-])c1nonc1Oc1nonc1[N+](=O)[O-].O=c1[nH]onc1-n1ncc([N+](=O)[O-])n1. The Morgan fingerprint density at radius 1 is 0.517 bits per heavy atom. The molecule has 8 heterocycles. The van der Waals surface area contributed by atoms with E-state index in [9.17, 15) is 60.2 Å². The van der Waals surface area contributed by atoms with Gasteiger partial charge in [-0.2, -0.15) is 10.3 Å². The molecule has 0 unspecified atom stereocenters. The van der Waals surface area contributed by atoms with Gasteiger partial charge in [0, 0.05) is 15.5 Å². The normalized spacial score (nSPS) is 10.2. The topological polar surface area (TPSA) is 595 Å². The van der Waals surface area contributed by atoms with Crippen molar-refractivity contribution >= 4 is 34.9 Å². The molecular formula is C16H6N24O20. The highest BCUT2D eigenvalue weighted by molar-refractivity contribution is 5.38. The second-order valence-electron chi connectivity index (χ2n) is 8.98. The van der Waals surface area contributed by atoms with Crippen LogP contribution < -0.4 is 26.3 Å². The van der Waals surface area contributed by atoms with Crippen LogP contribution in [0.2, 0.25) is 0 Å². The molecule has 44 nitrogen and oxygen atoms in total. The van der Waals surface area contributed by atoms with Gasteiger partial charge in [-0.3, -0.25) is 18.8 Å². The Labute approximate surface area is 313 Å². The number of nitrogens with zero attached hydrogens (tertiary/aromatic N) is 21. The molecule has 44 heteroatoms. The molecule has 0 bridgehead atoms. The van der Waals surface area contributed by atoms with Crippen molar-refractivity contribution in [3.63, 3.8) is 0 Å². The number of H-pyrrole nitrogens is 2. The molecule has 60 heavy (non-hydrogen) atoms. The number of nitrogens with one attached hydrogen (secondary N) is 2. The maximum absolute atomic E-state index is 10.9. The Morgan fingerprint density at radius 3 is 1.27 bits per heavy atom. The monoisotopic (exact) mass is 854 g/mol. The zero-order valence-electron chi connectivity index (χ0n) is 27.3. The minimum Gasteiger partial charge on any atom is -0.405 e. The van der Waals surface area contributed by atoms with E-state index in [1.807, 2.05) is 10.3 Å². The van der Waals surface area contributed by atoms with Crippen LogP contribution >= 0.6 is 0 Å². The number of ether oxygens (including phenoxy) is 2. The minimum atomic E-state index is -0.953. The molecule has 0 radical (unpaired) electrons. The van der Waals surface area contributed by atoms with Crippen LogP contribution in [0.1, 0.15) is 0 Å². The van der Waals surface area contributed by atoms with Crippen LogP contribution in [0.4, 0.5) is 34.9 Å². The van der Waals surface area contributed by atoms with Crippen LogP contribution in [-0.4, -0.2) is 116 Å². The summed E-state index contributed by atoms with van der Waals surface area (Å²) in [5, 5.41) is 101.